The number of hydrogen-bond donors (Lipinski definition) is 1. The molecule has 0 spiro atoms. The van der Waals surface area contributed by atoms with Crippen molar-refractivity contribution in [1.29, 1.82) is 5.26 Å². The first-order valence-corrected chi connectivity index (χ1v) is 8.34. The number of ether oxygens (including phenoxy) is 2. The molecular formula is C20H19ClN2O3. The summed E-state index contributed by atoms with van der Waals surface area (Å²) < 4.78 is 11.0. The second-order valence-electron chi connectivity index (χ2n) is 5.71. The molecule has 0 saturated heterocycles. The van der Waals surface area contributed by atoms with Crippen LogP contribution in [0.1, 0.15) is 19.4 Å². The van der Waals surface area contributed by atoms with Crippen LogP contribution in [-0.4, -0.2) is 19.1 Å². The summed E-state index contributed by atoms with van der Waals surface area (Å²) in [5, 5.41) is 12.5. The molecule has 2 rings (SSSR count). The van der Waals surface area contributed by atoms with Crippen LogP contribution in [-0.2, 0) is 4.79 Å². The largest absolute Gasteiger partial charge is 0.493 e. The normalized spacial score (nSPS) is 11.0. The predicted octanol–water partition coefficient (Wildman–Crippen LogP) is 4.68. The summed E-state index contributed by atoms with van der Waals surface area (Å²) in [6.07, 6.45) is 1.49. The fraction of sp³-hybridized carbons (Fsp3) is 0.200. The van der Waals surface area contributed by atoms with Crippen molar-refractivity contribution in [3.05, 3.63) is 58.6 Å². The molecule has 2 aromatic rings. The third-order valence-corrected chi connectivity index (χ3v) is 3.54. The van der Waals surface area contributed by atoms with Crippen LogP contribution in [0.4, 0.5) is 5.69 Å². The maximum atomic E-state index is 12.3. The van der Waals surface area contributed by atoms with Gasteiger partial charge in [0.25, 0.3) is 5.91 Å². The number of benzene rings is 2. The zero-order valence-electron chi connectivity index (χ0n) is 14.7. The molecule has 0 atom stereocenters. The topological polar surface area (TPSA) is 71.3 Å². The highest BCUT2D eigenvalue weighted by molar-refractivity contribution is 6.31. The second kappa shape index (κ2) is 8.93. The van der Waals surface area contributed by atoms with Crippen LogP contribution < -0.4 is 14.8 Å². The summed E-state index contributed by atoms with van der Waals surface area (Å²) in [5.41, 5.74) is 1.13. The molecule has 0 unspecified atom stereocenters. The van der Waals surface area contributed by atoms with E-state index in [0.717, 1.165) is 0 Å². The van der Waals surface area contributed by atoms with E-state index < -0.39 is 5.91 Å². The van der Waals surface area contributed by atoms with Crippen LogP contribution in [0.5, 0.6) is 11.5 Å². The number of carbonyl (C=O) groups excluding carboxylic acids is 1. The number of nitrogens with one attached hydrogen (secondary N) is 1. The summed E-state index contributed by atoms with van der Waals surface area (Å²) in [5.74, 6) is 0.609. The zero-order valence-corrected chi connectivity index (χ0v) is 15.5. The number of carbonyl (C=O) groups is 1. The number of amides is 1. The summed E-state index contributed by atoms with van der Waals surface area (Å²) in [4.78, 5) is 12.3. The van der Waals surface area contributed by atoms with Gasteiger partial charge in [-0.15, -0.1) is 0 Å². The van der Waals surface area contributed by atoms with Gasteiger partial charge in [0.2, 0.25) is 0 Å². The minimum atomic E-state index is -0.517. The first kappa shape index (κ1) is 19.4. The molecule has 0 aliphatic rings. The first-order chi connectivity index (χ1) is 12.4. The minimum absolute atomic E-state index is 0.00318. The molecule has 26 heavy (non-hydrogen) atoms. The molecule has 0 aromatic heterocycles. The number of methoxy groups -OCH3 is 1. The molecule has 2 aromatic carbocycles. The molecule has 0 aliphatic carbocycles. The molecule has 0 aliphatic heterocycles. The fourth-order valence-electron chi connectivity index (χ4n) is 2.21. The highest BCUT2D eigenvalue weighted by Gasteiger charge is 2.12. The van der Waals surface area contributed by atoms with Gasteiger partial charge in [-0.05, 0) is 55.8 Å². The number of halogens is 1. The zero-order chi connectivity index (χ0) is 19.1. The quantitative estimate of drug-likeness (QED) is 0.592. The van der Waals surface area contributed by atoms with E-state index in [9.17, 15) is 10.1 Å². The Labute approximate surface area is 157 Å². The van der Waals surface area contributed by atoms with E-state index in [1.165, 1.54) is 13.2 Å². The van der Waals surface area contributed by atoms with Crippen molar-refractivity contribution < 1.29 is 14.3 Å². The molecule has 0 radical (unpaired) electrons. The van der Waals surface area contributed by atoms with Gasteiger partial charge >= 0.3 is 0 Å². The van der Waals surface area contributed by atoms with Crippen LogP contribution in [0.3, 0.4) is 0 Å². The van der Waals surface area contributed by atoms with Crippen molar-refractivity contribution in [3.63, 3.8) is 0 Å². The Balaban J connectivity index is 2.24. The van der Waals surface area contributed by atoms with Gasteiger partial charge in [0.05, 0.1) is 13.2 Å². The van der Waals surface area contributed by atoms with E-state index >= 15 is 0 Å². The van der Waals surface area contributed by atoms with Crippen molar-refractivity contribution in [3.8, 4) is 17.6 Å². The average molecular weight is 371 g/mol. The molecular weight excluding hydrogens is 352 g/mol. The van der Waals surface area contributed by atoms with E-state index in [1.54, 1.807) is 42.5 Å². The Morgan fingerprint density at radius 3 is 2.62 bits per heavy atom. The van der Waals surface area contributed by atoms with E-state index in [1.807, 2.05) is 19.9 Å². The van der Waals surface area contributed by atoms with Gasteiger partial charge in [-0.2, -0.15) is 5.26 Å². The van der Waals surface area contributed by atoms with Crippen molar-refractivity contribution in [2.45, 2.75) is 20.0 Å². The standard InChI is InChI=1S/C20H19ClN2O3/c1-13(2)26-18-8-7-14(10-19(18)25-3)9-15(12-22)20(24)23-17-6-4-5-16(21)11-17/h4-11,13H,1-3H3,(H,23,24)/b15-9-. The van der Waals surface area contributed by atoms with E-state index in [0.29, 0.717) is 27.8 Å². The van der Waals surface area contributed by atoms with Crippen molar-refractivity contribution in [2.75, 3.05) is 12.4 Å². The number of nitriles is 1. The van der Waals surface area contributed by atoms with Crippen LogP contribution in [0.2, 0.25) is 5.02 Å². The number of hydrogen-bond acceptors (Lipinski definition) is 4. The van der Waals surface area contributed by atoms with E-state index in [-0.39, 0.29) is 11.7 Å². The van der Waals surface area contributed by atoms with Gasteiger partial charge in [-0.25, -0.2) is 0 Å². The van der Waals surface area contributed by atoms with Crippen LogP contribution in [0, 0.1) is 11.3 Å². The smallest absolute Gasteiger partial charge is 0.266 e. The van der Waals surface area contributed by atoms with Gasteiger partial charge in [0.1, 0.15) is 11.6 Å². The van der Waals surface area contributed by atoms with Crippen molar-refractivity contribution in [1.82, 2.24) is 0 Å². The van der Waals surface area contributed by atoms with E-state index in [4.69, 9.17) is 21.1 Å². The predicted molar refractivity (Wildman–Crippen MR) is 102 cm³/mol. The highest BCUT2D eigenvalue weighted by Crippen LogP contribution is 2.29. The Kier molecular flexibility index (Phi) is 6.65. The minimum Gasteiger partial charge on any atom is -0.493 e. The molecule has 0 saturated carbocycles. The number of rotatable bonds is 6. The number of anilines is 1. The van der Waals surface area contributed by atoms with Crippen LogP contribution in [0.25, 0.3) is 6.08 Å². The molecule has 1 amide bonds. The Morgan fingerprint density at radius 1 is 1.23 bits per heavy atom. The summed E-state index contributed by atoms with van der Waals surface area (Å²) in [7, 11) is 1.53. The second-order valence-corrected chi connectivity index (χ2v) is 6.15. The summed E-state index contributed by atoms with van der Waals surface area (Å²) in [6.45, 7) is 3.84. The molecule has 134 valence electrons. The van der Waals surface area contributed by atoms with Crippen LogP contribution >= 0.6 is 11.6 Å². The molecule has 0 bridgehead atoms. The van der Waals surface area contributed by atoms with Gasteiger partial charge in [-0.1, -0.05) is 23.7 Å². The van der Waals surface area contributed by atoms with Gasteiger partial charge < -0.3 is 14.8 Å². The van der Waals surface area contributed by atoms with Crippen molar-refractivity contribution >= 4 is 29.3 Å². The molecule has 0 heterocycles. The lowest BCUT2D eigenvalue weighted by atomic mass is 10.1. The highest BCUT2D eigenvalue weighted by atomic mass is 35.5. The lowest BCUT2D eigenvalue weighted by molar-refractivity contribution is -0.112. The van der Waals surface area contributed by atoms with Gasteiger partial charge in [0, 0.05) is 10.7 Å². The molecule has 1 N–H and O–H groups in total. The third kappa shape index (κ3) is 5.27. The van der Waals surface area contributed by atoms with Crippen molar-refractivity contribution in [2.24, 2.45) is 0 Å². The Hall–Kier alpha value is -2.97. The Bertz CT molecular complexity index is 870. The van der Waals surface area contributed by atoms with Crippen LogP contribution in [0.15, 0.2) is 48.0 Å². The monoisotopic (exact) mass is 370 g/mol. The third-order valence-electron chi connectivity index (χ3n) is 3.31. The maximum absolute atomic E-state index is 12.3. The number of nitrogens with zero attached hydrogens (tertiary/aromatic N) is 1. The van der Waals surface area contributed by atoms with Gasteiger partial charge in [-0.3, -0.25) is 4.79 Å². The lowest BCUT2D eigenvalue weighted by Crippen LogP contribution is -2.13. The van der Waals surface area contributed by atoms with Gasteiger partial charge in [0.15, 0.2) is 11.5 Å². The molecule has 5 nitrogen and oxygen atoms in total. The average Bonchev–Trinajstić information content (AvgIpc) is 2.60. The molecule has 0 fully saturated rings. The van der Waals surface area contributed by atoms with E-state index in [2.05, 4.69) is 5.32 Å². The SMILES string of the molecule is COc1cc(/C=C(/C#N)C(=O)Nc2cccc(Cl)c2)ccc1OC(C)C. The first-order valence-electron chi connectivity index (χ1n) is 7.96. The lowest BCUT2D eigenvalue weighted by Gasteiger charge is -2.13. The fourth-order valence-corrected chi connectivity index (χ4v) is 2.40. The molecule has 6 heteroatoms. The summed E-state index contributed by atoms with van der Waals surface area (Å²) in [6, 6.07) is 13.8. The summed E-state index contributed by atoms with van der Waals surface area (Å²) >= 11 is 5.90. The Morgan fingerprint density at radius 2 is 2.00 bits per heavy atom. The maximum Gasteiger partial charge on any atom is 0.266 e.